The van der Waals surface area contributed by atoms with Crippen LogP contribution in [0.15, 0.2) is 54.6 Å². The van der Waals surface area contributed by atoms with Crippen LogP contribution >= 0.6 is 0 Å². The van der Waals surface area contributed by atoms with Gasteiger partial charge in [0.15, 0.2) is 0 Å². The Morgan fingerprint density at radius 1 is 1.04 bits per heavy atom. The van der Waals surface area contributed by atoms with Crippen molar-refractivity contribution < 1.29 is 4.79 Å². The molecule has 0 saturated heterocycles. The van der Waals surface area contributed by atoms with E-state index >= 15 is 0 Å². The molecule has 0 spiro atoms. The zero-order chi connectivity index (χ0) is 17.5. The predicted molar refractivity (Wildman–Crippen MR) is 101 cm³/mol. The lowest BCUT2D eigenvalue weighted by molar-refractivity contribution is -0.120. The highest BCUT2D eigenvalue weighted by Crippen LogP contribution is 2.17. The highest BCUT2D eigenvalue weighted by atomic mass is 16.2. The smallest absolute Gasteiger partial charge is 0.241 e. The molecule has 128 valence electrons. The van der Waals surface area contributed by atoms with Crippen LogP contribution in [0, 0.1) is 6.92 Å². The number of likely N-dealkylation sites (N-methyl/N-ethyl adjacent to an activating group) is 1. The number of amides is 1. The van der Waals surface area contributed by atoms with Gasteiger partial charge in [-0.3, -0.25) is 9.69 Å². The van der Waals surface area contributed by atoms with Crippen LogP contribution in [0.25, 0.3) is 0 Å². The Hall–Kier alpha value is -2.13. The highest BCUT2D eigenvalue weighted by Gasteiger charge is 2.19. The van der Waals surface area contributed by atoms with Crippen molar-refractivity contribution in [1.29, 1.82) is 0 Å². The minimum atomic E-state index is 0.146. The van der Waals surface area contributed by atoms with E-state index in [9.17, 15) is 4.79 Å². The summed E-state index contributed by atoms with van der Waals surface area (Å²) in [6, 6.07) is 18.8. The largest absolute Gasteiger partial charge is 0.312 e. The maximum absolute atomic E-state index is 12.9. The average Bonchev–Trinajstić information content (AvgIpc) is 2.56. The first-order valence-corrected chi connectivity index (χ1v) is 8.66. The van der Waals surface area contributed by atoms with Crippen LogP contribution in [0.3, 0.4) is 0 Å². The van der Waals surface area contributed by atoms with Gasteiger partial charge in [-0.25, -0.2) is 0 Å². The molecular formula is C21H28N2O. The summed E-state index contributed by atoms with van der Waals surface area (Å²) in [5, 5.41) is 0. The molecule has 24 heavy (non-hydrogen) atoms. The highest BCUT2D eigenvalue weighted by molar-refractivity contribution is 5.94. The van der Waals surface area contributed by atoms with Crippen LogP contribution in [0.2, 0.25) is 0 Å². The quantitative estimate of drug-likeness (QED) is 0.760. The third kappa shape index (κ3) is 4.93. The minimum Gasteiger partial charge on any atom is -0.312 e. The normalized spacial score (nSPS) is 11.1. The van der Waals surface area contributed by atoms with E-state index in [4.69, 9.17) is 0 Å². The van der Waals surface area contributed by atoms with Gasteiger partial charge in [0.25, 0.3) is 0 Å². The molecule has 2 aromatic rings. The van der Waals surface area contributed by atoms with E-state index in [0.29, 0.717) is 19.1 Å². The third-order valence-electron chi connectivity index (χ3n) is 4.23. The molecule has 0 aliphatic rings. The second-order valence-corrected chi connectivity index (χ2v) is 6.46. The van der Waals surface area contributed by atoms with Crippen LogP contribution in [0.1, 0.15) is 31.9 Å². The van der Waals surface area contributed by atoms with E-state index in [2.05, 4.69) is 49.9 Å². The van der Waals surface area contributed by atoms with Gasteiger partial charge >= 0.3 is 0 Å². The van der Waals surface area contributed by atoms with Crippen LogP contribution < -0.4 is 4.90 Å². The van der Waals surface area contributed by atoms with Crippen LogP contribution in [0.5, 0.6) is 0 Å². The fourth-order valence-corrected chi connectivity index (χ4v) is 2.80. The van der Waals surface area contributed by atoms with Gasteiger partial charge in [-0.2, -0.15) is 0 Å². The van der Waals surface area contributed by atoms with E-state index in [1.54, 1.807) is 0 Å². The molecule has 1 amide bonds. The van der Waals surface area contributed by atoms with E-state index in [1.807, 2.05) is 42.2 Å². The summed E-state index contributed by atoms with van der Waals surface area (Å²) in [4.78, 5) is 17.0. The standard InChI is InChI=1S/C21H28N2O/c1-5-23(20-13-9-10-18(4)14-20)21(24)16-22(17(2)3)15-19-11-7-6-8-12-19/h6-14,17H,5,15-16H2,1-4H3. The number of rotatable bonds is 7. The number of anilines is 1. The van der Waals surface area contributed by atoms with Gasteiger partial charge in [0.1, 0.15) is 0 Å². The van der Waals surface area contributed by atoms with Gasteiger partial charge in [0, 0.05) is 24.8 Å². The molecule has 0 fully saturated rings. The summed E-state index contributed by atoms with van der Waals surface area (Å²) in [5.74, 6) is 0.146. The van der Waals surface area contributed by atoms with E-state index in [0.717, 1.165) is 12.2 Å². The molecule has 0 aromatic heterocycles. The Bertz CT molecular complexity index is 652. The topological polar surface area (TPSA) is 23.6 Å². The molecule has 0 aliphatic carbocycles. The summed E-state index contributed by atoms with van der Waals surface area (Å²) in [6.45, 7) is 10.2. The lowest BCUT2D eigenvalue weighted by Gasteiger charge is -2.29. The second-order valence-electron chi connectivity index (χ2n) is 6.46. The maximum atomic E-state index is 12.9. The number of carbonyl (C=O) groups excluding carboxylic acids is 1. The van der Waals surface area contributed by atoms with Gasteiger partial charge in [-0.15, -0.1) is 0 Å². The third-order valence-corrected chi connectivity index (χ3v) is 4.23. The summed E-state index contributed by atoms with van der Waals surface area (Å²) in [5.41, 5.74) is 3.38. The van der Waals surface area contributed by atoms with Crippen LogP contribution in [-0.2, 0) is 11.3 Å². The molecule has 0 unspecified atom stereocenters. The Morgan fingerprint density at radius 2 is 1.75 bits per heavy atom. The van der Waals surface area contributed by atoms with E-state index < -0.39 is 0 Å². The minimum absolute atomic E-state index is 0.146. The van der Waals surface area contributed by atoms with Crippen molar-refractivity contribution in [2.75, 3.05) is 18.0 Å². The molecule has 0 aliphatic heterocycles. The number of hydrogen-bond acceptors (Lipinski definition) is 2. The monoisotopic (exact) mass is 324 g/mol. The first-order valence-electron chi connectivity index (χ1n) is 8.66. The number of benzene rings is 2. The van der Waals surface area contributed by atoms with Gasteiger partial charge in [0.2, 0.25) is 5.91 Å². The van der Waals surface area contributed by atoms with Gasteiger partial charge < -0.3 is 4.90 Å². The van der Waals surface area contributed by atoms with Crippen molar-refractivity contribution in [2.45, 2.75) is 40.3 Å². The van der Waals surface area contributed by atoms with Crippen molar-refractivity contribution in [1.82, 2.24) is 4.90 Å². The number of nitrogens with zero attached hydrogens (tertiary/aromatic N) is 2. The molecule has 2 rings (SSSR count). The second kappa shape index (κ2) is 8.65. The van der Waals surface area contributed by atoms with Crippen LogP contribution in [0.4, 0.5) is 5.69 Å². The Balaban J connectivity index is 2.11. The van der Waals surface area contributed by atoms with Gasteiger partial charge in [-0.05, 0) is 51.0 Å². The Kier molecular flexibility index (Phi) is 6.56. The molecule has 0 saturated carbocycles. The summed E-state index contributed by atoms with van der Waals surface area (Å²) in [7, 11) is 0. The zero-order valence-electron chi connectivity index (χ0n) is 15.2. The maximum Gasteiger partial charge on any atom is 0.241 e. The Labute approximate surface area is 145 Å². The predicted octanol–water partition coefficient (Wildman–Crippen LogP) is 4.26. The molecule has 0 radical (unpaired) electrons. The molecule has 3 heteroatoms. The molecule has 0 heterocycles. The number of hydrogen-bond donors (Lipinski definition) is 0. The number of aryl methyl sites for hydroxylation is 1. The molecule has 0 N–H and O–H groups in total. The van der Waals surface area contributed by atoms with Crippen molar-refractivity contribution >= 4 is 11.6 Å². The summed E-state index contributed by atoms with van der Waals surface area (Å²) in [6.07, 6.45) is 0. The molecule has 0 atom stereocenters. The van der Waals surface area contributed by atoms with Crippen molar-refractivity contribution in [2.24, 2.45) is 0 Å². The summed E-state index contributed by atoms with van der Waals surface area (Å²) < 4.78 is 0. The van der Waals surface area contributed by atoms with Gasteiger partial charge in [-0.1, -0.05) is 42.5 Å². The van der Waals surface area contributed by atoms with Crippen LogP contribution in [-0.4, -0.2) is 29.9 Å². The zero-order valence-corrected chi connectivity index (χ0v) is 15.2. The Morgan fingerprint density at radius 3 is 2.33 bits per heavy atom. The SMILES string of the molecule is CCN(C(=O)CN(Cc1ccccc1)C(C)C)c1cccc(C)c1. The molecule has 3 nitrogen and oxygen atoms in total. The first-order chi connectivity index (χ1) is 11.5. The fourth-order valence-electron chi connectivity index (χ4n) is 2.80. The summed E-state index contributed by atoms with van der Waals surface area (Å²) >= 11 is 0. The fraction of sp³-hybridized carbons (Fsp3) is 0.381. The lowest BCUT2D eigenvalue weighted by atomic mass is 10.1. The average molecular weight is 324 g/mol. The molecule has 2 aromatic carbocycles. The van der Waals surface area contributed by atoms with E-state index in [1.165, 1.54) is 11.1 Å². The molecular weight excluding hydrogens is 296 g/mol. The number of carbonyl (C=O) groups is 1. The lowest BCUT2D eigenvalue weighted by Crippen LogP contribution is -2.42. The molecule has 0 bridgehead atoms. The van der Waals surface area contributed by atoms with Gasteiger partial charge in [0.05, 0.1) is 6.54 Å². The van der Waals surface area contributed by atoms with Crippen molar-refractivity contribution in [3.8, 4) is 0 Å². The van der Waals surface area contributed by atoms with Crippen molar-refractivity contribution in [3.63, 3.8) is 0 Å². The first kappa shape index (κ1) is 18.2. The van der Waals surface area contributed by atoms with E-state index in [-0.39, 0.29) is 5.91 Å². The van der Waals surface area contributed by atoms with Crippen molar-refractivity contribution in [3.05, 3.63) is 65.7 Å².